The Bertz CT molecular complexity index is 265. The van der Waals surface area contributed by atoms with Crippen molar-refractivity contribution in [2.75, 3.05) is 0 Å². The van der Waals surface area contributed by atoms with Crippen LogP contribution in [0.5, 0.6) is 0 Å². The topological polar surface area (TPSA) is 46.5 Å². The first-order chi connectivity index (χ1) is 6.28. The van der Waals surface area contributed by atoms with Crippen LogP contribution >= 0.6 is 7.60 Å². The van der Waals surface area contributed by atoms with Crippen LogP contribution in [0.3, 0.4) is 0 Å². The maximum atomic E-state index is 11.5. The summed E-state index contributed by atoms with van der Waals surface area (Å²) in [5.41, 5.74) is 0.766. The van der Waals surface area contributed by atoms with Crippen molar-refractivity contribution in [2.45, 2.75) is 33.8 Å². The van der Waals surface area contributed by atoms with Gasteiger partial charge >= 0.3 is 7.60 Å². The number of hydrogen-bond acceptors (Lipinski definition) is 2. The minimum absolute atomic E-state index is 0.138. The normalized spacial score (nSPS) is 17.3. The molecular weight excluding hydrogens is 199 g/mol. The summed E-state index contributed by atoms with van der Waals surface area (Å²) in [6.45, 7) is 10.9. The molecule has 2 atom stereocenters. The molecule has 0 saturated carbocycles. The predicted octanol–water partition coefficient (Wildman–Crippen LogP) is 3.32. The van der Waals surface area contributed by atoms with Gasteiger partial charge in [0.25, 0.3) is 0 Å². The molecule has 0 rings (SSSR count). The van der Waals surface area contributed by atoms with Crippen molar-refractivity contribution >= 4 is 7.60 Å². The Morgan fingerprint density at radius 3 is 2.29 bits per heavy atom. The van der Waals surface area contributed by atoms with Gasteiger partial charge in [-0.2, -0.15) is 0 Å². The van der Waals surface area contributed by atoms with Crippen LogP contribution in [0.1, 0.15) is 27.7 Å². The van der Waals surface area contributed by atoms with Crippen LogP contribution < -0.4 is 0 Å². The van der Waals surface area contributed by atoms with Gasteiger partial charge in [0.15, 0.2) is 0 Å². The summed E-state index contributed by atoms with van der Waals surface area (Å²) in [5, 5.41) is 0. The Balaban J connectivity index is 4.56. The van der Waals surface area contributed by atoms with E-state index in [1.807, 2.05) is 13.8 Å². The SMILES string of the molecule is C=CC(OP(=O)(O)C=C(C)C)C(C)C. The maximum Gasteiger partial charge on any atom is 0.352 e. The van der Waals surface area contributed by atoms with Gasteiger partial charge in [-0.15, -0.1) is 6.58 Å². The fourth-order valence-corrected chi connectivity index (χ4v) is 2.36. The Labute approximate surface area is 86.0 Å². The van der Waals surface area contributed by atoms with Crippen LogP contribution in [0.2, 0.25) is 0 Å². The highest BCUT2D eigenvalue weighted by Crippen LogP contribution is 2.46. The van der Waals surface area contributed by atoms with Crippen molar-refractivity contribution in [1.82, 2.24) is 0 Å². The third kappa shape index (κ3) is 5.38. The minimum atomic E-state index is -3.61. The summed E-state index contributed by atoms with van der Waals surface area (Å²) in [7, 11) is -3.61. The molecule has 0 bridgehead atoms. The molecule has 0 radical (unpaired) electrons. The Hall–Kier alpha value is -0.370. The first kappa shape index (κ1) is 13.6. The highest BCUT2D eigenvalue weighted by Gasteiger charge is 2.22. The molecule has 82 valence electrons. The zero-order valence-electron chi connectivity index (χ0n) is 9.23. The van der Waals surface area contributed by atoms with Crippen molar-refractivity contribution in [3.63, 3.8) is 0 Å². The van der Waals surface area contributed by atoms with Gasteiger partial charge in [0.05, 0.1) is 6.10 Å². The molecule has 1 N–H and O–H groups in total. The quantitative estimate of drug-likeness (QED) is 0.568. The third-order valence-corrected chi connectivity index (χ3v) is 2.97. The lowest BCUT2D eigenvalue weighted by atomic mass is 10.1. The van der Waals surface area contributed by atoms with Gasteiger partial charge in [-0.05, 0) is 19.8 Å². The standard InChI is InChI=1S/C10H19O3P/c1-6-10(9(4)5)13-14(11,12)7-8(2)3/h6-7,9-10H,1H2,2-5H3,(H,11,12). The second-order valence-corrected chi connectivity index (χ2v) is 5.42. The molecule has 0 amide bonds. The van der Waals surface area contributed by atoms with Crippen molar-refractivity contribution in [2.24, 2.45) is 5.92 Å². The molecule has 0 aromatic rings. The molecule has 0 spiro atoms. The van der Waals surface area contributed by atoms with Gasteiger partial charge in [0.2, 0.25) is 0 Å². The zero-order chi connectivity index (χ0) is 11.4. The van der Waals surface area contributed by atoms with E-state index < -0.39 is 7.60 Å². The first-order valence-electron chi connectivity index (χ1n) is 4.58. The summed E-state index contributed by atoms with van der Waals surface area (Å²) in [4.78, 5) is 9.44. The minimum Gasteiger partial charge on any atom is -0.321 e. The summed E-state index contributed by atoms with van der Waals surface area (Å²) in [5.74, 6) is 1.39. The first-order valence-corrected chi connectivity index (χ1v) is 6.22. The molecule has 0 aromatic heterocycles. The average Bonchev–Trinajstić information content (AvgIpc) is 1.97. The van der Waals surface area contributed by atoms with E-state index in [1.54, 1.807) is 19.9 Å². The van der Waals surface area contributed by atoms with Crippen molar-refractivity contribution in [1.29, 1.82) is 0 Å². The predicted molar refractivity (Wildman–Crippen MR) is 59.2 cm³/mol. The van der Waals surface area contributed by atoms with Gasteiger partial charge in [0, 0.05) is 5.82 Å². The Morgan fingerprint density at radius 1 is 1.50 bits per heavy atom. The molecule has 4 heteroatoms. The lowest BCUT2D eigenvalue weighted by molar-refractivity contribution is 0.176. The lowest BCUT2D eigenvalue weighted by Gasteiger charge is -2.19. The van der Waals surface area contributed by atoms with E-state index in [-0.39, 0.29) is 12.0 Å². The molecule has 0 heterocycles. The summed E-state index contributed by atoms with van der Waals surface area (Å²) < 4.78 is 16.6. The largest absolute Gasteiger partial charge is 0.352 e. The highest BCUT2D eigenvalue weighted by atomic mass is 31.2. The van der Waals surface area contributed by atoms with Gasteiger partial charge in [-0.3, -0.25) is 9.09 Å². The number of rotatable bonds is 5. The smallest absolute Gasteiger partial charge is 0.321 e. The van der Waals surface area contributed by atoms with E-state index in [2.05, 4.69) is 6.58 Å². The van der Waals surface area contributed by atoms with Crippen molar-refractivity contribution in [3.05, 3.63) is 24.0 Å². The van der Waals surface area contributed by atoms with Gasteiger partial charge < -0.3 is 4.89 Å². The fraction of sp³-hybridized carbons (Fsp3) is 0.600. The zero-order valence-corrected chi connectivity index (χ0v) is 10.1. The molecule has 3 nitrogen and oxygen atoms in total. The second kappa shape index (κ2) is 5.50. The van der Waals surface area contributed by atoms with Crippen LogP contribution in [0.4, 0.5) is 0 Å². The molecule has 0 fully saturated rings. The molecule has 14 heavy (non-hydrogen) atoms. The van der Waals surface area contributed by atoms with E-state index in [0.29, 0.717) is 0 Å². The van der Waals surface area contributed by atoms with E-state index in [1.165, 1.54) is 5.82 Å². The highest BCUT2D eigenvalue weighted by molar-refractivity contribution is 7.56. The van der Waals surface area contributed by atoms with Crippen LogP contribution in [0.15, 0.2) is 24.0 Å². The van der Waals surface area contributed by atoms with Crippen LogP contribution in [-0.4, -0.2) is 11.0 Å². The lowest BCUT2D eigenvalue weighted by Crippen LogP contribution is -2.14. The molecular formula is C10H19O3P. The molecule has 0 aliphatic heterocycles. The molecule has 0 saturated heterocycles. The summed E-state index contributed by atoms with van der Waals surface area (Å²) in [6, 6.07) is 0. The molecule has 0 aromatic carbocycles. The molecule has 2 unspecified atom stereocenters. The van der Waals surface area contributed by atoms with E-state index >= 15 is 0 Å². The summed E-state index contributed by atoms with van der Waals surface area (Å²) in [6.07, 6.45) is 1.16. The summed E-state index contributed by atoms with van der Waals surface area (Å²) >= 11 is 0. The Morgan fingerprint density at radius 2 is 2.00 bits per heavy atom. The third-order valence-electron chi connectivity index (χ3n) is 1.58. The van der Waals surface area contributed by atoms with Crippen molar-refractivity contribution < 1.29 is 14.0 Å². The second-order valence-electron chi connectivity index (χ2n) is 3.82. The molecule has 0 aliphatic carbocycles. The van der Waals surface area contributed by atoms with Gasteiger partial charge in [-0.25, -0.2) is 0 Å². The fourth-order valence-electron chi connectivity index (χ4n) is 0.968. The Kier molecular flexibility index (Phi) is 5.35. The van der Waals surface area contributed by atoms with Gasteiger partial charge in [-0.1, -0.05) is 25.5 Å². The van der Waals surface area contributed by atoms with E-state index in [4.69, 9.17) is 4.52 Å². The van der Waals surface area contributed by atoms with E-state index in [0.717, 1.165) is 5.57 Å². The van der Waals surface area contributed by atoms with Crippen LogP contribution in [-0.2, 0) is 9.09 Å². The van der Waals surface area contributed by atoms with Crippen LogP contribution in [0, 0.1) is 5.92 Å². The van der Waals surface area contributed by atoms with Crippen molar-refractivity contribution in [3.8, 4) is 0 Å². The monoisotopic (exact) mass is 218 g/mol. The average molecular weight is 218 g/mol. The maximum absolute atomic E-state index is 11.5. The molecule has 0 aliphatic rings. The number of hydrogen-bond donors (Lipinski definition) is 1. The van der Waals surface area contributed by atoms with Gasteiger partial charge in [0.1, 0.15) is 0 Å². The van der Waals surface area contributed by atoms with E-state index in [9.17, 15) is 9.46 Å². The number of allylic oxidation sites excluding steroid dienone is 1. The van der Waals surface area contributed by atoms with Crippen LogP contribution in [0.25, 0.3) is 0 Å².